The van der Waals surface area contributed by atoms with Crippen LogP contribution in [0.3, 0.4) is 0 Å². The van der Waals surface area contributed by atoms with E-state index in [1.54, 1.807) is 0 Å². The zero-order valence-electron chi connectivity index (χ0n) is 11.6. The number of benzene rings is 2. The number of rotatable bonds is 3. The molecule has 0 radical (unpaired) electrons. The monoisotopic (exact) mass is 267 g/mol. The van der Waals surface area contributed by atoms with Crippen LogP contribution in [0, 0.1) is 0 Å². The van der Waals surface area contributed by atoms with Gasteiger partial charge in [0.2, 0.25) is 0 Å². The van der Waals surface area contributed by atoms with Gasteiger partial charge in [-0.2, -0.15) is 0 Å². The summed E-state index contributed by atoms with van der Waals surface area (Å²) >= 11 is 0. The van der Waals surface area contributed by atoms with Crippen molar-refractivity contribution in [3.05, 3.63) is 71.8 Å². The van der Waals surface area contributed by atoms with Gasteiger partial charge in [-0.25, -0.2) is 0 Å². The van der Waals surface area contributed by atoms with Crippen LogP contribution in [0.4, 0.5) is 0 Å². The van der Waals surface area contributed by atoms with Crippen LogP contribution in [0.15, 0.2) is 60.7 Å². The smallest absolute Gasteiger partial charge is 0.0703 e. The van der Waals surface area contributed by atoms with Gasteiger partial charge < -0.3 is 10.4 Å². The van der Waals surface area contributed by atoms with Crippen LogP contribution in [-0.2, 0) is 0 Å². The number of aliphatic hydroxyl groups is 1. The molecule has 104 valence electrons. The Kier molecular flexibility index (Phi) is 4.14. The molecule has 3 rings (SSSR count). The van der Waals surface area contributed by atoms with Gasteiger partial charge in [0, 0.05) is 12.0 Å². The molecule has 0 bridgehead atoms. The summed E-state index contributed by atoms with van der Waals surface area (Å²) in [5.74, 6) is 0.202. The average Bonchev–Trinajstić information content (AvgIpc) is 2.52. The van der Waals surface area contributed by atoms with Gasteiger partial charge in [-0.15, -0.1) is 0 Å². The molecule has 0 saturated carbocycles. The van der Waals surface area contributed by atoms with Gasteiger partial charge in [0.15, 0.2) is 0 Å². The molecule has 1 saturated heterocycles. The van der Waals surface area contributed by atoms with E-state index in [4.69, 9.17) is 0 Å². The third-order valence-corrected chi connectivity index (χ3v) is 4.15. The van der Waals surface area contributed by atoms with Crippen molar-refractivity contribution >= 4 is 0 Å². The van der Waals surface area contributed by atoms with Gasteiger partial charge in [0.05, 0.1) is 6.10 Å². The van der Waals surface area contributed by atoms with Crippen LogP contribution in [0.5, 0.6) is 0 Å². The quantitative estimate of drug-likeness (QED) is 0.896. The second-order valence-corrected chi connectivity index (χ2v) is 5.49. The lowest BCUT2D eigenvalue weighted by atomic mass is 9.80. The molecular weight excluding hydrogens is 246 g/mol. The largest absolute Gasteiger partial charge is 0.391 e. The molecule has 2 unspecified atom stereocenters. The van der Waals surface area contributed by atoms with Gasteiger partial charge in [0.1, 0.15) is 0 Å². The van der Waals surface area contributed by atoms with E-state index in [0.717, 1.165) is 19.4 Å². The van der Waals surface area contributed by atoms with Crippen LogP contribution in [-0.4, -0.2) is 23.8 Å². The summed E-state index contributed by atoms with van der Waals surface area (Å²) in [6.45, 7) is 0.984. The van der Waals surface area contributed by atoms with Crippen LogP contribution in [0.25, 0.3) is 0 Å². The van der Waals surface area contributed by atoms with E-state index in [2.05, 4.69) is 53.8 Å². The molecule has 0 spiro atoms. The lowest BCUT2D eigenvalue weighted by molar-refractivity contribution is 0.0890. The van der Waals surface area contributed by atoms with Crippen molar-refractivity contribution in [2.24, 2.45) is 0 Å². The summed E-state index contributed by atoms with van der Waals surface area (Å²) in [4.78, 5) is 0. The fourth-order valence-corrected chi connectivity index (χ4v) is 3.16. The Morgan fingerprint density at radius 3 is 1.95 bits per heavy atom. The molecule has 0 amide bonds. The van der Waals surface area contributed by atoms with Crippen molar-refractivity contribution in [3.63, 3.8) is 0 Å². The number of hydrogen-bond donors (Lipinski definition) is 2. The van der Waals surface area contributed by atoms with Crippen molar-refractivity contribution in [2.75, 3.05) is 6.54 Å². The SMILES string of the molecule is OC1CCCNC1C(c1ccccc1)c1ccccc1. The van der Waals surface area contributed by atoms with Crippen molar-refractivity contribution in [2.45, 2.75) is 30.9 Å². The van der Waals surface area contributed by atoms with E-state index < -0.39 is 0 Å². The number of aliphatic hydroxyl groups excluding tert-OH is 1. The van der Waals surface area contributed by atoms with Gasteiger partial charge in [-0.05, 0) is 30.5 Å². The average molecular weight is 267 g/mol. The maximum absolute atomic E-state index is 10.4. The normalized spacial score (nSPS) is 22.9. The number of piperidine rings is 1. The maximum atomic E-state index is 10.4. The topological polar surface area (TPSA) is 32.3 Å². The first-order valence-electron chi connectivity index (χ1n) is 7.37. The third kappa shape index (κ3) is 2.77. The van der Waals surface area contributed by atoms with E-state index in [-0.39, 0.29) is 18.1 Å². The molecule has 2 atom stereocenters. The predicted molar refractivity (Wildman–Crippen MR) is 81.8 cm³/mol. The summed E-state index contributed by atoms with van der Waals surface area (Å²) in [6, 6.07) is 21.1. The highest BCUT2D eigenvalue weighted by Gasteiger charge is 2.32. The number of nitrogens with one attached hydrogen (secondary N) is 1. The fraction of sp³-hybridized carbons (Fsp3) is 0.333. The zero-order valence-corrected chi connectivity index (χ0v) is 11.6. The molecular formula is C18H21NO. The molecule has 1 aliphatic rings. The van der Waals surface area contributed by atoms with E-state index in [1.807, 2.05) is 12.1 Å². The minimum absolute atomic E-state index is 0.0912. The van der Waals surface area contributed by atoms with Crippen molar-refractivity contribution in [3.8, 4) is 0 Å². The Balaban J connectivity index is 1.99. The van der Waals surface area contributed by atoms with Crippen LogP contribution in [0.1, 0.15) is 29.9 Å². The molecule has 2 nitrogen and oxygen atoms in total. The molecule has 2 heteroatoms. The standard InChI is InChI=1S/C18H21NO/c20-16-12-7-13-19-18(16)17(14-8-3-1-4-9-14)15-10-5-2-6-11-15/h1-6,8-11,16-20H,7,12-13H2. The molecule has 1 fully saturated rings. The highest BCUT2D eigenvalue weighted by atomic mass is 16.3. The fourth-order valence-electron chi connectivity index (χ4n) is 3.16. The summed E-state index contributed by atoms with van der Waals surface area (Å²) in [5.41, 5.74) is 2.52. The van der Waals surface area contributed by atoms with Gasteiger partial charge >= 0.3 is 0 Å². The molecule has 1 heterocycles. The van der Waals surface area contributed by atoms with Crippen LogP contribution < -0.4 is 5.32 Å². The lowest BCUT2D eigenvalue weighted by Crippen LogP contribution is -2.48. The highest BCUT2D eigenvalue weighted by molar-refractivity contribution is 5.35. The first-order valence-corrected chi connectivity index (χ1v) is 7.37. The minimum Gasteiger partial charge on any atom is -0.391 e. The molecule has 0 aromatic heterocycles. The summed E-state index contributed by atoms with van der Waals surface area (Å²) < 4.78 is 0. The van der Waals surface area contributed by atoms with Crippen molar-refractivity contribution < 1.29 is 5.11 Å². The molecule has 0 aliphatic carbocycles. The van der Waals surface area contributed by atoms with Gasteiger partial charge in [-0.3, -0.25) is 0 Å². The Hall–Kier alpha value is -1.64. The van der Waals surface area contributed by atoms with Crippen LogP contribution >= 0.6 is 0 Å². The Bertz CT molecular complexity index is 486. The Morgan fingerprint density at radius 1 is 0.900 bits per heavy atom. The lowest BCUT2D eigenvalue weighted by Gasteiger charge is -2.36. The van der Waals surface area contributed by atoms with E-state index in [1.165, 1.54) is 11.1 Å². The zero-order chi connectivity index (χ0) is 13.8. The molecule has 1 aliphatic heterocycles. The summed E-state index contributed by atoms with van der Waals surface area (Å²) in [6.07, 6.45) is 1.65. The Morgan fingerprint density at radius 2 is 1.45 bits per heavy atom. The van der Waals surface area contributed by atoms with Crippen LogP contribution in [0.2, 0.25) is 0 Å². The maximum Gasteiger partial charge on any atom is 0.0703 e. The molecule has 2 aromatic rings. The Labute approximate surface area is 120 Å². The first-order chi connectivity index (χ1) is 9.86. The van der Waals surface area contributed by atoms with E-state index >= 15 is 0 Å². The second-order valence-electron chi connectivity index (χ2n) is 5.49. The molecule has 2 aromatic carbocycles. The van der Waals surface area contributed by atoms with Gasteiger partial charge in [0.25, 0.3) is 0 Å². The van der Waals surface area contributed by atoms with E-state index in [0.29, 0.717) is 0 Å². The van der Waals surface area contributed by atoms with E-state index in [9.17, 15) is 5.11 Å². The van der Waals surface area contributed by atoms with Gasteiger partial charge in [-0.1, -0.05) is 60.7 Å². The minimum atomic E-state index is -0.283. The molecule has 20 heavy (non-hydrogen) atoms. The number of hydrogen-bond acceptors (Lipinski definition) is 2. The van der Waals surface area contributed by atoms with Crippen molar-refractivity contribution in [1.29, 1.82) is 0 Å². The third-order valence-electron chi connectivity index (χ3n) is 4.15. The first kappa shape index (κ1) is 13.3. The molecule has 2 N–H and O–H groups in total. The predicted octanol–water partition coefficient (Wildman–Crippen LogP) is 2.93. The highest BCUT2D eigenvalue weighted by Crippen LogP contribution is 2.31. The summed E-state index contributed by atoms with van der Waals surface area (Å²) in [7, 11) is 0. The van der Waals surface area contributed by atoms with Crippen molar-refractivity contribution in [1.82, 2.24) is 5.32 Å². The second kappa shape index (κ2) is 6.21. The summed E-state index contributed by atoms with van der Waals surface area (Å²) in [5, 5.41) is 13.9.